The van der Waals surface area contributed by atoms with Crippen molar-refractivity contribution >= 4 is 11.7 Å². The number of fused-ring (bicyclic) bond motifs is 3. The maximum atomic E-state index is 13.8. The molecule has 0 saturated heterocycles. The second-order valence-corrected chi connectivity index (χ2v) is 9.35. The monoisotopic (exact) mass is 432 g/mol. The van der Waals surface area contributed by atoms with Crippen molar-refractivity contribution in [2.24, 2.45) is 17.8 Å². The summed E-state index contributed by atoms with van der Waals surface area (Å²) >= 11 is 0. The fourth-order valence-corrected chi connectivity index (χ4v) is 5.93. The van der Waals surface area contributed by atoms with Gasteiger partial charge in [-0.25, -0.2) is 4.68 Å². The van der Waals surface area contributed by atoms with Crippen molar-refractivity contribution in [2.75, 3.05) is 5.32 Å². The quantitative estimate of drug-likeness (QED) is 0.707. The molecule has 0 unspecified atom stereocenters. The van der Waals surface area contributed by atoms with E-state index in [1.807, 2.05) is 13.0 Å². The van der Waals surface area contributed by atoms with E-state index in [1.165, 1.54) is 25.5 Å². The predicted molar refractivity (Wildman–Crippen MR) is 111 cm³/mol. The number of nitrogens with one attached hydrogen (secondary N) is 2. The van der Waals surface area contributed by atoms with Crippen LogP contribution in [0.3, 0.4) is 0 Å². The van der Waals surface area contributed by atoms with E-state index in [4.69, 9.17) is 0 Å². The van der Waals surface area contributed by atoms with E-state index in [9.17, 15) is 18.0 Å². The average Bonchev–Trinajstić information content (AvgIpc) is 3.48. The number of rotatable bonds is 4. The molecule has 1 aromatic carbocycles. The molecule has 3 aliphatic rings. The molecule has 2 saturated carbocycles. The Bertz CT molecular complexity index is 957. The van der Waals surface area contributed by atoms with E-state index in [1.54, 1.807) is 24.3 Å². The molecule has 2 aromatic rings. The molecule has 5 nitrogen and oxygen atoms in total. The van der Waals surface area contributed by atoms with Crippen LogP contribution in [0, 0.1) is 17.8 Å². The normalized spacial score (nSPS) is 30.5. The highest BCUT2D eigenvalue weighted by atomic mass is 19.4. The number of carbonyl (C=O) groups is 1. The van der Waals surface area contributed by atoms with Crippen LogP contribution < -0.4 is 10.6 Å². The Labute approximate surface area is 179 Å². The van der Waals surface area contributed by atoms with Crippen LogP contribution >= 0.6 is 0 Å². The zero-order valence-corrected chi connectivity index (χ0v) is 17.4. The van der Waals surface area contributed by atoms with Gasteiger partial charge in [-0.05, 0) is 49.5 Å². The van der Waals surface area contributed by atoms with Crippen molar-refractivity contribution < 1.29 is 18.0 Å². The number of benzene rings is 1. The Kier molecular flexibility index (Phi) is 4.98. The number of carbonyl (C=O) groups excluding carboxylic acids is 1. The molecule has 0 spiro atoms. The molecule has 1 aliphatic heterocycles. The van der Waals surface area contributed by atoms with Crippen molar-refractivity contribution in [3.63, 3.8) is 0 Å². The lowest BCUT2D eigenvalue weighted by molar-refractivity contribution is -0.173. The van der Waals surface area contributed by atoms with Gasteiger partial charge in [0, 0.05) is 12.5 Å². The minimum absolute atomic E-state index is 0.00901. The summed E-state index contributed by atoms with van der Waals surface area (Å²) in [5, 5.41) is 10.2. The molecule has 6 atom stereocenters. The lowest BCUT2D eigenvalue weighted by atomic mass is 9.84. The summed E-state index contributed by atoms with van der Waals surface area (Å²) in [4.78, 5) is 13.1. The molecule has 2 N–H and O–H groups in total. The van der Waals surface area contributed by atoms with Crippen LogP contribution in [-0.4, -0.2) is 27.9 Å². The number of amides is 1. The Morgan fingerprint density at radius 2 is 1.97 bits per heavy atom. The average molecular weight is 432 g/mol. The summed E-state index contributed by atoms with van der Waals surface area (Å²) in [7, 11) is 0. The van der Waals surface area contributed by atoms with Gasteiger partial charge in [0.05, 0.1) is 12.2 Å². The molecule has 8 heteroatoms. The summed E-state index contributed by atoms with van der Waals surface area (Å²) in [5.74, 6) is 1.64. The first kappa shape index (κ1) is 20.4. The van der Waals surface area contributed by atoms with Gasteiger partial charge in [0.1, 0.15) is 11.4 Å². The van der Waals surface area contributed by atoms with Gasteiger partial charge in [0.25, 0.3) is 5.91 Å². The molecular weight excluding hydrogens is 405 g/mol. The Morgan fingerprint density at radius 1 is 1.19 bits per heavy atom. The molecule has 2 bridgehead atoms. The van der Waals surface area contributed by atoms with Crippen LogP contribution in [0.2, 0.25) is 0 Å². The molecule has 1 amide bonds. The lowest BCUT2D eigenvalue weighted by Crippen LogP contribution is -2.41. The van der Waals surface area contributed by atoms with Crippen molar-refractivity contribution in [1.29, 1.82) is 0 Å². The molecule has 31 heavy (non-hydrogen) atoms. The highest BCUT2D eigenvalue weighted by molar-refractivity contribution is 5.99. The first-order valence-electron chi connectivity index (χ1n) is 11.1. The summed E-state index contributed by atoms with van der Waals surface area (Å²) in [6, 6.07) is 6.69. The zero-order chi connectivity index (χ0) is 21.8. The van der Waals surface area contributed by atoms with Crippen LogP contribution in [0.25, 0.3) is 0 Å². The summed E-state index contributed by atoms with van der Waals surface area (Å²) in [5.41, 5.74) is 0.927. The minimum atomic E-state index is -4.46. The number of nitrogens with zero attached hydrogens (tertiary/aromatic N) is 2. The Balaban J connectivity index is 1.40. The van der Waals surface area contributed by atoms with Gasteiger partial charge in [-0.3, -0.25) is 4.79 Å². The highest BCUT2D eigenvalue weighted by Gasteiger charge is 2.47. The third-order valence-corrected chi connectivity index (χ3v) is 7.48. The van der Waals surface area contributed by atoms with Crippen LogP contribution in [0.5, 0.6) is 0 Å². The van der Waals surface area contributed by atoms with E-state index >= 15 is 0 Å². The van der Waals surface area contributed by atoms with Crippen LogP contribution in [0.4, 0.5) is 19.0 Å². The fraction of sp³-hybridized carbons (Fsp3) is 0.565. The van der Waals surface area contributed by atoms with Crippen molar-refractivity contribution in [3.05, 3.63) is 47.7 Å². The maximum absolute atomic E-state index is 13.8. The van der Waals surface area contributed by atoms with Crippen molar-refractivity contribution in [2.45, 2.75) is 63.3 Å². The number of aromatic nitrogens is 2. The Hall–Kier alpha value is -2.51. The smallest absolute Gasteiger partial charge is 0.363 e. The van der Waals surface area contributed by atoms with Gasteiger partial charge in [-0.15, -0.1) is 0 Å². The van der Waals surface area contributed by atoms with Crippen molar-refractivity contribution in [3.8, 4) is 0 Å². The largest absolute Gasteiger partial charge is 0.410 e. The molecule has 2 heterocycles. The minimum Gasteiger partial charge on any atom is -0.363 e. The maximum Gasteiger partial charge on any atom is 0.410 e. The van der Waals surface area contributed by atoms with Gasteiger partial charge in [0.15, 0.2) is 6.04 Å². The number of halogens is 3. The van der Waals surface area contributed by atoms with Crippen LogP contribution in [0.1, 0.15) is 67.0 Å². The third-order valence-electron chi connectivity index (χ3n) is 7.48. The van der Waals surface area contributed by atoms with Gasteiger partial charge >= 0.3 is 6.18 Å². The number of hydrogen-bond acceptors (Lipinski definition) is 3. The molecule has 2 fully saturated rings. The SMILES string of the molecule is C[C@@H](NC(=O)c1cnn2c1N[C@H](c1ccccc1)C[C@@H]2C(F)(F)F)[C@@H]1C[C@@H]2CC[C@@H]1C2. The molecule has 166 valence electrons. The van der Waals surface area contributed by atoms with E-state index in [-0.39, 0.29) is 29.8 Å². The summed E-state index contributed by atoms with van der Waals surface area (Å²) < 4.78 is 42.4. The van der Waals surface area contributed by atoms with E-state index in [0.717, 1.165) is 22.6 Å². The lowest BCUT2D eigenvalue weighted by Gasteiger charge is -2.34. The highest BCUT2D eigenvalue weighted by Crippen LogP contribution is 2.49. The first-order chi connectivity index (χ1) is 14.8. The summed E-state index contributed by atoms with van der Waals surface area (Å²) in [6.45, 7) is 2.01. The van der Waals surface area contributed by atoms with Crippen molar-refractivity contribution in [1.82, 2.24) is 15.1 Å². The van der Waals surface area contributed by atoms with E-state index in [0.29, 0.717) is 11.8 Å². The molecular formula is C23H27F3N4O. The fourth-order valence-electron chi connectivity index (χ4n) is 5.93. The van der Waals surface area contributed by atoms with Crippen LogP contribution in [0.15, 0.2) is 36.5 Å². The molecule has 1 aromatic heterocycles. The topological polar surface area (TPSA) is 59.0 Å². The number of alkyl halides is 3. The molecule has 5 rings (SSSR count). The van der Waals surface area contributed by atoms with Gasteiger partial charge in [-0.2, -0.15) is 18.3 Å². The molecule has 0 radical (unpaired) electrons. The number of hydrogen-bond donors (Lipinski definition) is 2. The van der Waals surface area contributed by atoms with E-state index < -0.39 is 18.3 Å². The zero-order valence-electron chi connectivity index (χ0n) is 17.4. The van der Waals surface area contributed by atoms with Gasteiger partial charge in [-0.1, -0.05) is 36.8 Å². The molecule has 2 aliphatic carbocycles. The Morgan fingerprint density at radius 3 is 2.61 bits per heavy atom. The standard InChI is InChI=1S/C23H27F3N4O/c1-13(17-10-14-7-8-16(17)9-14)28-22(31)18-12-27-30-20(23(24,25)26)11-19(29-21(18)30)15-5-3-2-4-6-15/h2-6,12-14,16-17,19-20,29H,7-11H2,1H3,(H,28,31)/t13-,14-,16-,17+,19+,20-/m1/s1. The van der Waals surface area contributed by atoms with Crippen LogP contribution in [-0.2, 0) is 0 Å². The predicted octanol–water partition coefficient (Wildman–Crippen LogP) is 5.10. The summed E-state index contributed by atoms with van der Waals surface area (Å²) in [6.07, 6.45) is 1.49. The van der Waals surface area contributed by atoms with Gasteiger partial charge in [0.2, 0.25) is 0 Å². The van der Waals surface area contributed by atoms with E-state index in [2.05, 4.69) is 15.7 Å². The third kappa shape index (κ3) is 3.70. The second kappa shape index (κ2) is 7.57. The first-order valence-corrected chi connectivity index (χ1v) is 11.1. The number of anilines is 1. The van der Waals surface area contributed by atoms with Gasteiger partial charge < -0.3 is 10.6 Å². The second-order valence-electron chi connectivity index (χ2n) is 9.35.